The Morgan fingerprint density at radius 3 is 2.75 bits per heavy atom. The monoisotopic (exact) mass is 179 g/mol. The summed E-state index contributed by atoms with van der Waals surface area (Å²) < 4.78 is 34.8. The number of H-pyrrole nitrogens is 1. The van der Waals surface area contributed by atoms with E-state index in [2.05, 4.69) is 15.5 Å². The number of aromatic amines is 1. The molecule has 12 heavy (non-hydrogen) atoms. The second-order valence-electron chi connectivity index (χ2n) is 2.33. The molecule has 2 N–H and O–H groups in total. The third kappa shape index (κ3) is 3.38. The Kier molecular flexibility index (Phi) is 2.69. The highest BCUT2D eigenvalue weighted by atomic mass is 19.4. The smallest absolute Gasteiger partial charge is 0.304 e. The SMILES string of the molecule is FC(F)(F)CNCc1cn[nH]c1. The van der Waals surface area contributed by atoms with Crippen LogP contribution in [0.25, 0.3) is 0 Å². The van der Waals surface area contributed by atoms with Crippen LogP contribution in [0.2, 0.25) is 0 Å². The van der Waals surface area contributed by atoms with Gasteiger partial charge in [-0.25, -0.2) is 0 Å². The topological polar surface area (TPSA) is 40.7 Å². The van der Waals surface area contributed by atoms with Gasteiger partial charge in [0.15, 0.2) is 0 Å². The quantitative estimate of drug-likeness (QED) is 0.728. The number of hydrogen-bond acceptors (Lipinski definition) is 2. The number of rotatable bonds is 3. The van der Waals surface area contributed by atoms with Crippen LogP contribution in [0.15, 0.2) is 12.4 Å². The van der Waals surface area contributed by atoms with E-state index in [1.165, 1.54) is 6.20 Å². The van der Waals surface area contributed by atoms with Gasteiger partial charge < -0.3 is 5.32 Å². The number of nitrogens with one attached hydrogen (secondary N) is 2. The van der Waals surface area contributed by atoms with Crippen LogP contribution in [0.5, 0.6) is 0 Å². The van der Waals surface area contributed by atoms with Gasteiger partial charge in [-0.15, -0.1) is 0 Å². The predicted molar refractivity (Wildman–Crippen MR) is 36.3 cm³/mol. The molecule has 0 spiro atoms. The number of alkyl halides is 3. The molecular weight excluding hydrogens is 171 g/mol. The van der Waals surface area contributed by atoms with Gasteiger partial charge in [0.25, 0.3) is 0 Å². The Bertz CT molecular complexity index is 216. The van der Waals surface area contributed by atoms with Gasteiger partial charge in [-0.3, -0.25) is 5.10 Å². The van der Waals surface area contributed by atoms with Crippen LogP contribution in [0, 0.1) is 0 Å². The van der Waals surface area contributed by atoms with Crippen LogP contribution < -0.4 is 5.32 Å². The lowest BCUT2D eigenvalue weighted by Gasteiger charge is -2.06. The highest BCUT2D eigenvalue weighted by Gasteiger charge is 2.25. The molecule has 0 aliphatic heterocycles. The highest BCUT2D eigenvalue weighted by Crippen LogP contribution is 2.12. The molecule has 3 nitrogen and oxygen atoms in total. The molecule has 68 valence electrons. The molecule has 0 aliphatic rings. The van der Waals surface area contributed by atoms with Crippen molar-refractivity contribution in [1.29, 1.82) is 0 Å². The Morgan fingerprint density at radius 1 is 1.50 bits per heavy atom. The number of halogens is 3. The standard InChI is InChI=1S/C6H8F3N3/c7-6(8,9)4-10-1-5-2-11-12-3-5/h2-3,10H,1,4H2,(H,11,12). The zero-order chi connectivity index (χ0) is 9.03. The lowest BCUT2D eigenvalue weighted by atomic mass is 10.3. The minimum absolute atomic E-state index is 0.177. The average Bonchev–Trinajstić information content (AvgIpc) is 2.36. The Morgan fingerprint density at radius 2 is 2.25 bits per heavy atom. The maximum Gasteiger partial charge on any atom is 0.401 e. The van der Waals surface area contributed by atoms with Crippen molar-refractivity contribution < 1.29 is 13.2 Å². The first-order chi connectivity index (χ1) is 5.58. The Labute approximate surface area is 67.0 Å². The fourth-order valence-electron chi connectivity index (χ4n) is 0.723. The van der Waals surface area contributed by atoms with Crippen molar-refractivity contribution in [1.82, 2.24) is 15.5 Å². The molecule has 0 atom stereocenters. The summed E-state index contributed by atoms with van der Waals surface area (Å²) in [5.41, 5.74) is 0.708. The van der Waals surface area contributed by atoms with E-state index in [0.717, 1.165) is 0 Å². The van der Waals surface area contributed by atoms with Crippen LogP contribution in [0.1, 0.15) is 5.56 Å². The second kappa shape index (κ2) is 3.57. The maximum atomic E-state index is 11.6. The molecule has 0 saturated heterocycles. The van der Waals surface area contributed by atoms with E-state index in [-0.39, 0.29) is 6.54 Å². The summed E-state index contributed by atoms with van der Waals surface area (Å²) in [6.45, 7) is -0.797. The molecule has 1 rings (SSSR count). The molecular formula is C6H8F3N3. The van der Waals surface area contributed by atoms with Gasteiger partial charge in [-0.2, -0.15) is 18.3 Å². The average molecular weight is 179 g/mol. The summed E-state index contributed by atoms with van der Waals surface area (Å²) in [7, 11) is 0. The van der Waals surface area contributed by atoms with Gasteiger partial charge in [0.05, 0.1) is 12.7 Å². The Balaban J connectivity index is 2.20. The maximum absolute atomic E-state index is 11.6. The van der Waals surface area contributed by atoms with Crippen molar-refractivity contribution in [3.8, 4) is 0 Å². The van der Waals surface area contributed by atoms with Crippen molar-refractivity contribution in [3.05, 3.63) is 18.0 Å². The molecule has 0 aliphatic carbocycles. The van der Waals surface area contributed by atoms with Crippen LogP contribution in [-0.4, -0.2) is 22.9 Å². The lowest BCUT2D eigenvalue weighted by molar-refractivity contribution is -0.125. The molecule has 0 fully saturated rings. The summed E-state index contributed by atoms with van der Waals surface area (Å²) in [6, 6.07) is 0. The summed E-state index contributed by atoms with van der Waals surface area (Å²) in [5.74, 6) is 0. The van der Waals surface area contributed by atoms with Crippen molar-refractivity contribution in [2.45, 2.75) is 12.7 Å². The first-order valence-corrected chi connectivity index (χ1v) is 3.33. The van der Waals surface area contributed by atoms with E-state index in [1.807, 2.05) is 0 Å². The molecule has 0 amide bonds. The normalized spacial score (nSPS) is 11.9. The van der Waals surface area contributed by atoms with Gasteiger partial charge in [-0.05, 0) is 0 Å². The van der Waals surface area contributed by atoms with Crippen molar-refractivity contribution in [3.63, 3.8) is 0 Å². The summed E-state index contributed by atoms with van der Waals surface area (Å²) >= 11 is 0. The number of aromatic nitrogens is 2. The first-order valence-electron chi connectivity index (χ1n) is 3.33. The summed E-state index contributed by atoms with van der Waals surface area (Å²) in [6.07, 6.45) is -1.13. The van der Waals surface area contributed by atoms with E-state index >= 15 is 0 Å². The van der Waals surface area contributed by atoms with Crippen LogP contribution >= 0.6 is 0 Å². The second-order valence-corrected chi connectivity index (χ2v) is 2.33. The van der Waals surface area contributed by atoms with Crippen LogP contribution in [0.3, 0.4) is 0 Å². The largest absolute Gasteiger partial charge is 0.401 e. The molecule has 0 bridgehead atoms. The van der Waals surface area contributed by atoms with Crippen molar-refractivity contribution in [2.24, 2.45) is 0 Å². The summed E-state index contributed by atoms with van der Waals surface area (Å²) in [5, 5.41) is 8.34. The molecule has 1 aromatic heterocycles. The third-order valence-electron chi connectivity index (χ3n) is 1.21. The molecule has 1 heterocycles. The van der Waals surface area contributed by atoms with Gasteiger partial charge >= 0.3 is 6.18 Å². The number of hydrogen-bond donors (Lipinski definition) is 2. The fraction of sp³-hybridized carbons (Fsp3) is 0.500. The highest BCUT2D eigenvalue weighted by molar-refractivity contribution is 5.01. The van der Waals surface area contributed by atoms with Crippen LogP contribution in [0.4, 0.5) is 13.2 Å². The van der Waals surface area contributed by atoms with E-state index < -0.39 is 12.7 Å². The van der Waals surface area contributed by atoms with Crippen LogP contribution in [-0.2, 0) is 6.54 Å². The predicted octanol–water partition coefficient (Wildman–Crippen LogP) is 1.06. The molecule has 0 saturated carbocycles. The summed E-state index contributed by atoms with van der Waals surface area (Å²) in [4.78, 5) is 0. The zero-order valence-corrected chi connectivity index (χ0v) is 6.15. The third-order valence-corrected chi connectivity index (χ3v) is 1.21. The van der Waals surface area contributed by atoms with Gasteiger partial charge in [-0.1, -0.05) is 0 Å². The molecule has 1 aromatic rings. The van der Waals surface area contributed by atoms with E-state index in [4.69, 9.17) is 0 Å². The van der Waals surface area contributed by atoms with Gasteiger partial charge in [0, 0.05) is 18.3 Å². The lowest BCUT2D eigenvalue weighted by Crippen LogP contribution is -2.28. The van der Waals surface area contributed by atoms with E-state index in [0.29, 0.717) is 5.56 Å². The van der Waals surface area contributed by atoms with Gasteiger partial charge in [0.1, 0.15) is 0 Å². The zero-order valence-electron chi connectivity index (χ0n) is 6.15. The molecule has 0 aromatic carbocycles. The first kappa shape index (κ1) is 9.05. The molecule has 0 unspecified atom stereocenters. The fourth-order valence-corrected chi connectivity index (χ4v) is 0.723. The minimum Gasteiger partial charge on any atom is -0.304 e. The van der Waals surface area contributed by atoms with Gasteiger partial charge in [0.2, 0.25) is 0 Å². The van der Waals surface area contributed by atoms with E-state index in [1.54, 1.807) is 6.20 Å². The molecule has 0 radical (unpaired) electrons. The Hall–Kier alpha value is -1.04. The molecule has 6 heteroatoms. The van der Waals surface area contributed by atoms with Crippen molar-refractivity contribution in [2.75, 3.05) is 6.54 Å². The minimum atomic E-state index is -4.15. The number of nitrogens with zero attached hydrogens (tertiary/aromatic N) is 1. The van der Waals surface area contributed by atoms with Crippen molar-refractivity contribution >= 4 is 0 Å². The van der Waals surface area contributed by atoms with E-state index in [9.17, 15) is 13.2 Å².